The molecule has 0 radical (unpaired) electrons. The number of carbonyl (C=O) groups is 1. The Morgan fingerprint density at radius 1 is 1.11 bits per heavy atom. The molecule has 4 rings (SSSR count). The fourth-order valence-corrected chi connectivity index (χ4v) is 3.75. The van der Waals surface area contributed by atoms with Gasteiger partial charge in [0.05, 0.1) is 18.6 Å². The van der Waals surface area contributed by atoms with Crippen LogP contribution in [0.3, 0.4) is 0 Å². The third kappa shape index (κ3) is 4.54. The summed E-state index contributed by atoms with van der Waals surface area (Å²) in [7, 11) is 0. The number of ether oxygens (including phenoxy) is 3. The first kappa shape index (κ1) is 19.8. The molecular formula is C21H22BrNO4S. The molecule has 0 spiro atoms. The summed E-state index contributed by atoms with van der Waals surface area (Å²) in [5, 5.41) is 2.96. The summed E-state index contributed by atoms with van der Waals surface area (Å²) >= 11 is 5.30. The van der Waals surface area contributed by atoms with Crippen LogP contribution in [0.1, 0.15) is 18.8 Å². The van der Waals surface area contributed by atoms with E-state index in [1.54, 1.807) is 0 Å². The fraction of sp³-hybridized carbons (Fsp3) is 0.381. The monoisotopic (exact) mass is 463 g/mol. The van der Waals surface area contributed by atoms with Crippen molar-refractivity contribution in [3.8, 4) is 5.75 Å². The van der Waals surface area contributed by atoms with Crippen LogP contribution in [-0.4, -0.2) is 36.7 Å². The zero-order valence-electron chi connectivity index (χ0n) is 15.5. The van der Waals surface area contributed by atoms with Gasteiger partial charge in [0, 0.05) is 27.2 Å². The van der Waals surface area contributed by atoms with Gasteiger partial charge < -0.3 is 19.5 Å². The molecule has 0 unspecified atom stereocenters. The fourth-order valence-electron chi connectivity index (χ4n) is 2.93. The first-order chi connectivity index (χ1) is 13.5. The van der Waals surface area contributed by atoms with Crippen molar-refractivity contribution in [2.75, 3.05) is 30.0 Å². The van der Waals surface area contributed by atoms with Gasteiger partial charge in [-0.2, -0.15) is 11.8 Å². The van der Waals surface area contributed by atoms with Crippen molar-refractivity contribution in [3.63, 3.8) is 0 Å². The number of carbonyl (C=O) groups excluding carboxylic acids is 1. The summed E-state index contributed by atoms with van der Waals surface area (Å²) in [5.74, 6) is 2.79. The van der Waals surface area contributed by atoms with Gasteiger partial charge in [0.15, 0.2) is 6.29 Å². The van der Waals surface area contributed by atoms with E-state index < -0.39 is 11.7 Å². The highest BCUT2D eigenvalue weighted by atomic mass is 79.9. The van der Waals surface area contributed by atoms with Gasteiger partial charge in [0.25, 0.3) is 0 Å². The molecule has 0 aromatic heterocycles. The van der Waals surface area contributed by atoms with Gasteiger partial charge in [-0.15, -0.1) is 0 Å². The van der Waals surface area contributed by atoms with Gasteiger partial charge >= 0.3 is 0 Å². The molecule has 0 atom stereocenters. The van der Waals surface area contributed by atoms with Crippen molar-refractivity contribution in [2.24, 2.45) is 5.41 Å². The van der Waals surface area contributed by atoms with Crippen molar-refractivity contribution in [1.82, 2.24) is 0 Å². The van der Waals surface area contributed by atoms with Gasteiger partial charge in [-0.3, -0.25) is 4.79 Å². The lowest BCUT2D eigenvalue weighted by Gasteiger charge is -2.36. The number of hydrogen-bond acceptors (Lipinski definition) is 5. The second-order valence-electron chi connectivity index (χ2n) is 7.32. The van der Waals surface area contributed by atoms with E-state index in [-0.39, 0.29) is 5.91 Å². The quantitative estimate of drug-likeness (QED) is 0.699. The molecule has 2 aromatic rings. The molecule has 1 N–H and O–H groups in total. The van der Waals surface area contributed by atoms with Gasteiger partial charge in [0.1, 0.15) is 11.9 Å². The van der Waals surface area contributed by atoms with Crippen LogP contribution in [0.2, 0.25) is 0 Å². The minimum Gasteiger partial charge on any atom is -0.489 e. The molecule has 2 heterocycles. The normalized spacial score (nSPS) is 25.0. The second-order valence-corrected chi connectivity index (χ2v) is 9.31. The smallest absolute Gasteiger partial charge is 0.234 e. The molecule has 0 bridgehead atoms. The van der Waals surface area contributed by atoms with Crippen LogP contribution in [0.5, 0.6) is 5.75 Å². The Kier molecular flexibility index (Phi) is 5.96. The highest BCUT2D eigenvalue weighted by Crippen LogP contribution is 2.33. The Balaban J connectivity index is 1.32. The van der Waals surface area contributed by atoms with Crippen molar-refractivity contribution in [2.45, 2.75) is 19.3 Å². The molecule has 2 aliphatic rings. The molecule has 0 saturated carbocycles. The standard InChI is InChI=1S/C21H22BrNO4S/c1-21(12-25-19(26-13-21)14-2-4-15(22)5-3-14)20(24)23-16-6-8-17(9-7-16)27-18-10-28-11-18/h2-9,18-19H,10-13H2,1H3,(H,23,24). The lowest BCUT2D eigenvalue weighted by molar-refractivity contribution is -0.226. The minimum absolute atomic E-state index is 0.120. The van der Waals surface area contributed by atoms with E-state index in [1.807, 2.05) is 67.2 Å². The van der Waals surface area contributed by atoms with Gasteiger partial charge in [-0.25, -0.2) is 0 Å². The van der Waals surface area contributed by atoms with E-state index in [1.165, 1.54) is 0 Å². The van der Waals surface area contributed by atoms with Crippen LogP contribution in [0, 0.1) is 5.41 Å². The van der Waals surface area contributed by atoms with E-state index in [2.05, 4.69) is 21.2 Å². The first-order valence-corrected chi connectivity index (χ1v) is 11.1. The number of rotatable bonds is 5. The van der Waals surface area contributed by atoms with Crippen LogP contribution in [-0.2, 0) is 14.3 Å². The van der Waals surface area contributed by atoms with E-state index in [4.69, 9.17) is 14.2 Å². The summed E-state index contributed by atoms with van der Waals surface area (Å²) in [5.41, 5.74) is 0.923. The Morgan fingerprint density at radius 2 is 1.75 bits per heavy atom. The molecule has 0 aliphatic carbocycles. The van der Waals surface area contributed by atoms with Crippen LogP contribution in [0.15, 0.2) is 53.0 Å². The van der Waals surface area contributed by atoms with Gasteiger partial charge in [-0.1, -0.05) is 28.1 Å². The van der Waals surface area contributed by atoms with Crippen LogP contribution in [0.4, 0.5) is 5.69 Å². The third-order valence-corrected chi connectivity index (χ3v) is 6.56. The first-order valence-electron chi connectivity index (χ1n) is 9.16. The lowest BCUT2D eigenvalue weighted by Crippen LogP contribution is -2.45. The number of nitrogens with one attached hydrogen (secondary N) is 1. The van der Waals surface area contributed by atoms with E-state index in [9.17, 15) is 4.79 Å². The molecule has 5 nitrogen and oxygen atoms in total. The molecule has 1 amide bonds. The lowest BCUT2D eigenvalue weighted by atomic mass is 9.90. The number of amides is 1. The molecule has 148 valence electrons. The summed E-state index contributed by atoms with van der Waals surface area (Å²) in [6, 6.07) is 15.3. The summed E-state index contributed by atoms with van der Waals surface area (Å²) in [4.78, 5) is 12.8. The van der Waals surface area contributed by atoms with Crippen molar-refractivity contribution in [1.29, 1.82) is 0 Å². The van der Waals surface area contributed by atoms with Crippen LogP contribution >= 0.6 is 27.7 Å². The predicted octanol–water partition coefficient (Wildman–Crippen LogP) is 4.63. The Hall–Kier alpha value is -1.54. The Bertz CT molecular complexity index is 815. The average Bonchev–Trinajstić information content (AvgIpc) is 2.67. The molecule has 2 fully saturated rings. The summed E-state index contributed by atoms with van der Waals surface area (Å²) in [6.45, 7) is 2.44. The minimum atomic E-state index is -0.746. The Morgan fingerprint density at radius 3 is 2.32 bits per heavy atom. The van der Waals surface area contributed by atoms with Gasteiger partial charge in [0.2, 0.25) is 5.91 Å². The summed E-state index contributed by atoms with van der Waals surface area (Å²) in [6.07, 6.45) is -0.144. The molecule has 7 heteroatoms. The van der Waals surface area contributed by atoms with E-state index in [0.717, 1.165) is 33.0 Å². The maximum absolute atomic E-state index is 12.8. The summed E-state index contributed by atoms with van der Waals surface area (Å²) < 4.78 is 18.5. The van der Waals surface area contributed by atoms with Crippen LogP contribution < -0.4 is 10.1 Å². The SMILES string of the molecule is CC1(C(=O)Nc2ccc(OC3CSC3)cc2)COC(c2ccc(Br)cc2)OC1. The maximum atomic E-state index is 12.8. The van der Waals surface area contributed by atoms with Crippen LogP contribution in [0.25, 0.3) is 0 Å². The second kappa shape index (κ2) is 8.45. The molecule has 2 aliphatic heterocycles. The predicted molar refractivity (Wildman–Crippen MR) is 114 cm³/mol. The zero-order chi connectivity index (χ0) is 19.6. The largest absolute Gasteiger partial charge is 0.489 e. The highest BCUT2D eigenvalue weighted by molar-refractivity contribution is 9.10. The van der Waals surface area contributed by atoms with Crippen molar-refractivity contribution in [3.05, 3.63) is 58.6 Å². The van der Waals surface area contributed by atoms with E-state index >= 15 is 0 Å². The molecule has 2 aromatic carbocycles. The number of halogens is 1. The number of hydrogen-bond donors (Lipinski definition) is 1. The van der Waals surface area contributed by atoms with Crippen molar-refractivity contribution < 1.29 is 19.0 Å². The topological polar surface area (TPSA) is 56.8 Å². The molecular weight excluding hydrogens is 442 g/mol. The third-order valence-electron chi connectivity index (χ3n) is 4.82. The number of anilines is 1. The highest BCUT2D eigenvalue weighted by Gasteiger charge is 2.40. The number of thioether (sulfide) groups is 1. The number of benzene rings is 2. The maximum Gasteiger partial charge on any atom is 0.234 e. The van der Waals surface area contributed by atoms with E-state index in [0.29, 0.717) is 19.3 Å². The van der Waals surface area contributed by atoms with Crippen molar-refractivity contribution >= 4 is 39.3 Å². The van der Waals surface area contributed by atoms with Gasteiger partial charge in [-0.05, 0) is 43.3 Å². The molecule has 2 saturated heterocycles. The zero-order valence-corrected chi connectivity index (χ0v) is 17.9. The Labute approximate surface area is 177 Å². The molecule has 28 heavy (non-hydrogen) atoms. The average molecular weight is 464 g/mol.